The first-order valence-corrected chi connectivity index (χ1v) is 8.30. The Balaban J connectivity index is 1.82. The van der Waals surface area contributed by atoms with E-state index < -0.39 is 0 Å². The number of fused-ring (bicyclic) bond motifs is 1. The molecule has 8 nitrogen and oxygen atoms in total. The number of anilines is 2. The van der Waals surface area contributed by atoms with E-state index in [1.807, 2.05) is 31.3 Å². The Morgan fingerprint density at radius 3 is 2.89 bits per heavy atom. The molecule has 1 atom stereocenters. The van der Waals surface area contributed by atoms with Crippen LogP contribution in [0.4, 0.5) is 17.3 Å². The molecule has 27 heavy (non-hydrogen) atoms. The van der Waals surface area contributed by atoms with Gasteiger partial charge in [0.05, 0.1) is 24.5 Å². The van der Waals surface area contributed by atoms with Crippen molar-refractivity contribution in [1.82, 2.24) is 24.3 Å². The standard InChI is InChI=1S/C19H16N8/c1-12(26-19-16(21-2)18(20)24-11-25-19)14-9-13-5-3-4-8-27(13)17(14)15-10-22-6-7-23-15/h3-12H,1H3,(H3,20,24,25,26). The van der Waals surface area contributed by atoms with Gasteiger partial charge in [-0.05, 0) is 25.1 Å². The third-order valence-electron chi connectivity index (χ3n) is 4.30. The van der Waals surface area contributed by atoms with Crippen LogP contribution in [0.15, 0.2) is 55.4 Å². The summed E-state index contributed by atoms with van der Waals surface area (Å²) < 4.78 is 2.07. The molecule has 0 fully saturated rings. The predicted octanol–water partition coefficient (Wildman–Crippen LogP) is 3.49. The summed E-state index contributed by atoms with van der Waals surface area (Å²) >= 11 is 0. The molecule has 0 aliphatic rings. The number of aromatic nitrogens is 5. The zero-order valence-corrected chi connectivity index (χ0v) is 14.5. The van der Waals surface area contributed by atoms with Gasteiger partial charge in [-0.25, -0.2) is 14.8 Å². The van der Waals surface area contributed by atoms with Gasteiger partial charge in [0, 0.05) is 29.7 Å². The monoisotopic (exact) mass is 356 g/mol. The van der Waals surface area contributed by atoms with Gasteiger partial charge in [-0.15, -0.1) is 0 Å². The Bertz CT molecular complexity index is 1140. The highest BCUT2D eigenvalue weighted by atomic mass is 15.1. The molecule has 4 aromatic rings. The second-order valence-electron chi connectivity index (χ2n) is 5.97. The van der Waals surface area contributed by atoms with Crippen LogP contribution in [0.1, 0.15) is 18.5 Å². The summed E-state index contributed by atoms with van der Waals surface area (Å²) in [6.07, 6.45) is 8.38. The van der Waals surface area contributed by atoms with Crippen LogP contribution >= 0.6 is 0 Å². The molecule has 1 unspecified atom stereocenters. The summed E-state index contributed by atoms with van der Waals surface area (Å²) in [6.45, 7) is 9.34. The summed E-state index contributed by atoms with van der Waals surface area (Å²) in [5, 5.41) is 3.28. The molecule has 0 aliphatic carbocycles. The molecular formula is C19H16N8. The zero-order valence-electron chi connectivity index (χ0n) is 14.5. The molecule has 0 spiro atoms. The highest BCUT2D eigenvalue weighted by Gasteiger charge is 2.20. The molecule has 4 rings (SSSR count). The van der Waals surface area contributed by atoms with Crippen molar-refractivity contribution in [1.29, 1.82) is 0 Å². The second-order valence-corrected chi connectivity index (χ2v) is 5.97. The van der Waals surface area contributed by atoms with E-state index in [2.05, 4.69) is 40.6 Å². The lowest BCUT2D eigenvalue weighted by molar-refractivity contribution is 0.874. The summed E-state index contributed by atoms with van der Waals surface area (Å²) in [7, 11) is 0. The molecule has 0 saturated carbocycles. The van der Waals surface area contributed by atoms with Crippen LogP contribution in [0.2, 0.25) is 0 Å². The summed E-state index contributed by atoms with van der Waals surface area (Å²) in [5.41, 5.74) is 9.76. The maximum Gasteiger partial charge on any atom is 0.268 e. The van der Waals surface area contributed by atoms with Crippen LogP contribution in [-0.4, -0.2) is 24.3 Å². The lowest BCUT2D eigenvalue weighted by atomic mass is 10.1. The van der Waals surface area contributed by atoms with Gasteiger partial charge >= 0.3 is 0 Å². The number of hydrogen-bond acceptors (Lipinski definition) is 6. The molecule has 4 aromatic heterocycles. The minimum atomic E-state index is -0.156. The number of nitrogens with one attached hydrogen (secondary N) is 1. The molecule has 8 heteroatoms. The summed E-state index contributed by atoms with van der Waals surface area (Å²) in [5.74, 6) is 0.566. The largest absolute Gasteiger partial charge is 0.392 e. The number of rotatable bonds is 4. The van der Waals surface area contributed by atoms with Crippen LogP contribution in [0.25, 0.3) is 21.7 Å². The average Bonchev–Trinajstić information content (AvgIpc) is 3.08. The van der Waals surface area contributed by atoms with Crippen LogP contribution in [-0.2, 0) is 0 Å². The van der Waals surface area contributed by atoms with Gasteiger partial charge < -0.3 is 15.5 Å². The third kappa shape index (κ3) is 2.91. The van der Waals surface area contributed by atoms with E-state index in [9.17, 15) is 0 Å². The average molecular weight is 356 g/mol. The number of nitrogens with zero attached hydrogens (tertiary/aromatic N) is 6. The van der Waals surface area contributed by atoms with E-state index >= 15 is 0 Å². The molecule has 0 saturated heterocycles. The molecule has 0 bridgehead atoms. The fourth-order valence-electron chi connectivity index (χ4n) is 3.06. The van der Waals surface area contributed by atoms with Gasteiger partial charge in [0.15, 0.2) is 0 Å². The Hall–Kier alpha value is -3.99. The minimum Gasteiger partial charge on any atom is -0.392 e. The van der Waals surface area contributed by atoms with Crippen molar-refractivity contribution in [3.8, 4) is 11.4 Å². The molecule has 0 amide bonds. The van der Waals surface area contributed by atoms with Crippen molar-refractivity contribution < 1.29 is 0 Å². The Morgan fingerprint density at radius 1 is 1.22 bits per heavy atom. The smallest absolute Gasteiger partial charge is 0.268 e. The fourth-order valence-corrected chi connectivity index (χ4v) is 3.06. The quantitative estimate of drug-likeness (QED) is 0.543. The van der Waals surface area contributed by atoms with Crippen molar-refractivity contribution in [3.05, 3.63) is 72.4 Å². The van der Waals surface area contributed by atoms with Gasteiger partial charge in [0.2, 0.25) is 0 Å². The molecule has 3 N–H and O–H groups in total. The predicted molar refractivity (Wildman–Crippen MR) is 103 cm³/mol. The molecule has 0 aromatic carbocycles. The maximum absolute atomic E-state index is 7.34. The summed E-state index contributed by atoms with van der Waals surface area (Å²) in [6, 6.07) is 7.92. The van der Waals surface area contributed by atoms with Gasteiger partial charge in [0.25, 0.3) is 5.69 Å². The topological polar surface area (TPSA) is 98.4 Å². The van der Waals surface area contributed by atoms with Crippen molar-refractivity contribution in [2.24, 2.45) is 0 Å². The van der Waals surface area contributed by atoms with Crippen LogP contribution in [0.5, 0.6) is 0 Å². The first-order valence-electron chi connectivity index (χ1n) is 8.30. The highest BCUT2D eigenvalue weighted by molar-refractivity contribution is 5.77. The first-order chi connectivity index (χ1) is 13.2. The second kappa shape index (κ2) is 6.72. The third-order valence-corrected chi connectivity index (χ3v) is 4.30. The van der Waals surface area contributed by atoms with Crippen LogP contribution in [0.3, 0.4) is 0 Å². The number of pyridine rings is 1. The maximum atomic E-state index is 7.34. The zero-order chi connectivity index (χ0) is 18.8. The molecule has 0 radical (unpaired) electrons. The van der Waals surface area contributed by atoms with Gasteiger partial charge in [-0.3, -0.25) is 9.97 Å². The number of nitrogen functional groups attached to an aromatic ring is 1. The number of nitrogens with two attached hydrogens (primary N) is 1. The summed E-state index contributed by atoms with van der Waals surface area (Å²) in [4.78, 5) is 20.2. The van der Waals surface area contributed by atoms with Gasteiger partial charge in [-0.1, -0.05) is 6.07 Å². The minimum absolute atomic E-state index is 0.156. The molecule has 132 valence electrons. The van der Waals surface area contributed by atoms with E-state index in [1.165, 1.54) is 6.33 Å². The van der Waals surface area contributed by atoms with Gasteiger partial charge in [-0.2, -0.15) is 0 Å². The van der Waals surface area contributed by atoms with E-state index in [0.717, 1.165) is 22.5 Å². The Morgan fingerprint density at radius 2 is 2.11 bits per heavy atom. The van der Waals surface area contributed by atoms with Crippen LogP contribution < -0.4 is 11.1 Å². The van der Waals surface area contributed by atoms with E-state index in [4.69, 9.17) is 12.3 Å². The lowest BCUT2D eigenvalue weighted by Crippen LogP contribution is -2.10. The van der Waals surface area contributed by atoms with E-state index in [0.29, 0.717) is 5.82 Å². The molecular weight excluding hydrogens is 340 g/mol. The van der Waals surface area contributed by atoms with E-state index in [-0.39, 0.29) is 17.5 Å². The Labute approximate surface area is 155 Å². The van der Waals surface area contributed by atoms with Crippen LogP contribution in [0, 0.1) is 6.57 Å². The fraction of sp³-hybridized carbons (Fsp3) is 0.105. The number of hydrogen-bond donors (Lipinski definition) is 2. The normalized spacial score (nSPS) is 11.9. The van der Waals surface area contributed by atoms with Crippen molar-refractivity contribution >= 4 is 22.8 Å². The molecule has 4 heterocycles. The SMILES string of the molecule is [C-]#[N+]c1c(N)ncnc1NC(C)c1cc2ccccn2c1-c1cnccn1. The van der Waals surface area contributed by atoms with Crippen molar-refractivity contribution in [3.63, 3.8) is 0 Å². The van der Waals surface area contributed by atoms with Crippen molar-refractivity contribution in [2.45, 2.75) is 13.0 Å². The van der Waals surface area contributed by atoms with Gasteiger partial charge in [0.1, 0.15) is 23.7 Å². The highest BCUT2D eigenvalue weighted by Crippen LogP contribution is 2.34. The lowest BCUT2D eigenvalue weighted by Gasteiger charge is -2.17. The Kier molecular flexibility index (Phi) is 4.10. The molecule has 0 aliphatic heterocycles. The van der Waals surface area contributed by atoms with Crippen molar-refractivity contribution in [2.75, 3.05) is 11.1 Å². The first kappa shape index (κ1) is 16.5. The van der Waals surface area contributed by atoms with E-state index in [1.54, 1.807) is 18.6 Å².